The topological polar surface area (TPSA) is 61.4 Å². The third-order valence-corrected chi connectivity index (χ3v) is 1.84. The van der Waals surface area contributed by atoms with E-state index >= 15 is 0 Å². The lowest BCUT2D eigenvalue weighted by Crippen LogP contribution is -2.46. The van der Waals surface area contributed by atoms with Crippen molar-refractivity contribution in [2.24, 2.45) is 0 Å². The molecule has 0 aromatic rings. The summed E-state index contributed by atoms with van der Waals surface area (Å²) in [5.74, 6) is -0.705. The minimum absolute atomic E-state index is 0.141. The number of urea groups is 1. The molecule has 0 aromatic carbocycles. The van der Waals surface area contributed by atoms with Crippen LogP contribution in [-0.2, 0) is 4.79 Å². The van der Waals surface area contributed by atoms with Gasteiger partial charge in [0, 0.05) is 13.1 Å². The normalized spacial score (nSPS) is 10.9. The Labute approximate surface area is 109 Å². The molecule has 8 heteroatoms. The minimum atomic E-state index is -4.52. The van der Waals surface area contributed by atoms with E-state index in [0.717, 1.165) is 0 Å². The number of amides is 3. The quantitative estimate of drug-likeness (QED) is 0.685. The van der Waals surface area contributed by atoms with Gasteiger partial charge in [0.25, 0.3) is 0 Å². The molecule has 0 radical (unpaired) electrons. The van der Waals surface area contributed by atoms with E-state index in [2.05, 4.69) is 13.2 Å². The Morgan fingerprint density at radius 3 is 2.11 bits per heavy atom. The first-order chi connectivity index (χ1) is 8.78. The molecule has 0 aliphatic rings. The standard InChI is InChI=1S/C11H16F3N3O2/c1-3-5-17(6-4-2)7-9(18)16-10(19)15-8-11(12,13)14/h3-4H,1-2,5-8H2,(H2,15,16,18,19). The van der Waals surface area contributed by atoms with E-state index in [9.17, 15) is 22.8 Å². The second-order valence-electron chi connectivity index (χ2n) is 3.62. The first kappa shape index (κ1) is 17.2. The van der Waals surface area contributed by atoms with Crippen molar-refractivity contribution < 1.29 is 22.8 Å². The Kier molecular flexibility index (Phi) is 7.50. The highest BCUT2D eigenvalue weighted by Crippen LogP contribution is 2.11. The Balaban J connectivity index is 4.10. The van der Waals surface area contributed by atoms with E-state index in [4.69, 9.17) is 0 Å². The molecule has 0 bridgehead atoms. The molecule has 0 heterocycles. The molecular weight excluding hydrogens is 263 g/mol. The SMILES string of the molecule is C=CCN(CC=C)CC(=O)NC(=O)NCC(F)(F)F. The molecular formula is C11H16F3N3O2. The van der Waals surface area contributed by atoms with Crippen molar-refractivity contribution in [3.8, 4) is 0 Å². The summed E-state index contributed by atoms with van der Waals surface area (Å²) in [5.41, 5.74) is 0. The van der Waals surface area contributed by atoms with Crippen molar-refractivity contribution in [3.63, 3.8) is 0 Å². The van der Waals surface area contributed by atoms with Crippen LogP contribution in [0.3, 0.4) is 0 Å². The summed E-state index contributed by atoms with van der Waals surface area (Å²) in [4.78, 5) is 24.0. The van der Waals surface area contributed by atoms with Crippen molar-refractivity contribution >= 4 is 11.9 Å². The molecule has 0 unspecified atom stereocenters. The second-order valence-corrected chi connectivity index (χ2v) is 3.62. The predicted molar refractivity (Wildman–Crippen MR) is 64.4 cm³/mol. The van der Waals surface area contributed by atoms with Gasteiger partial charge in [0.15, 0.2) is 0 Å². The summed E-state index contributed by atoms with van der Waals surface area (Å²) in [6, 6.07) is -1.18. The maximum Gasteiger partial charge on any atom is 0.405 e. The van der Waals surface area contributed by atoms with Gasteiger partial charge in [-0.1, -0.05) is 12.2 Å². The molecule has 0 saturated heterocycles. The average Bonchev–Trinajstić information content (AvgIpc) is 2.26. The molecule has 5 nitrogen and oxygen atoms in total. The maximum atomic E-state index is 11.8. The van der Waals surface area contributed by atoms with E-state index in [1.807, 2.05) is 0 Å². The molecule has 0 aliphatic heterocycles. The molecule has 0 spiro atoms. The molecule has 0 fully saturated rings. The number of nitrogens with zero attached hydrogens (tertiary/aromatic N) is 1. The van der Waals surface area contributed by atoms with Crippen LogP contribution in [0, 0.1) is 0 Å². The van der Waals surface area contributed by atoms with Crippen LogP contribution in [0.4, 0.5) is 18.0 Å². The van der Waals surface area contributed by atoms with E-state index < -0.39 is 24.7 Å². The molecule has 3 amide bonds. The molecule has 2 N–H and O–H groups in total. The number of carbonyl (C=O) groups excluding carboxylic acids is 2. The highest BCUT2D eigenvalue weighted by atomic mass is 19.4. The summed E-state index contributed by atoms with van der Waals surface area (Å²) in [6.45, 7) is 6.14. The van der Waals surface area contributed by atoms with Gasteiger partial charge in [-0.3, -0.25) is 15.0 Å². The van der Waals surface area contributed by atoms with Gasteiger partial charge in [0.05, 0.1) is 6.54 Å². The third kappa shape index (κ3) is 9.83. The van der Waals surface area contributed by atoms with Gasteiger partial charge < -0.3 is 5.32 Å². The highest BCUT2D eigenvalue weighted by molar-refractivity contribution is 5.95. The average molecular weight is 279 g/mol. The molecule has 19 heavy (non-hydrogen) atoms. The highest BCUT2D eigenvalue weighted by Gasteiger charge is 2.28. The molecule has 0 saturated carbocycles. The van der Waals surface area contributed by atoms with Crippen molar-refractivity contribution in [2.75, 3.05) is 26.2 Å². The Hall–Kier alpha value is -1.83. The van der Waals surface area contributed by atoms with Crippen LogP contribution in [0.5, 0.6) is 0 Å². The predicted octanol–water partition coefficient (Wildman–Crippen LogP) is 1.05. The fourth-order valence-electron chi connectivity index (χ4n) is 1.16. The zero-order valence-corrected chi connectivity index (χ0v) is 10.3. The van der Waals surface area contributed by atoms with Crippen LogP contribution in [0.2, 0.25) is 0 Å². The smallest absolute Gasteiger partial charge is 0.329 e. The molecule has 0 rings (SSSR count). The number of rotatable bonds is 7. The number of alkyl halides is 3. The lowest BCUT2D eigenvalue weighted by atomic mass is 10.4. The van der Waals surface area contributed by atoms with Gasteiger partial charge in [-0.15, -0.1) is 13.2 Å². The van der Waals surface area contributed by atoms with Crippen LogP contribution in [0.15, 0.2) is 25.3 Å². The number of carbonyl (C=O) groups is 2. The number of nitrogens with one attached hydrogen (secondary N) is 2. The summed E-state index contributed by atoms with van der Waals surface area (Å²) in [6.07, 6.45) is -1.40. The summed E-state index contributed by atoms with van der Waals surface area (Å²) in [7, 11) is 0. The first-order valence-electron chi connectivity index (χ1n) is 5.37. The van der Waals surface area contributed by atoms with E-state index in [1.165, 1.54) is 5.32 Å². The van der Waals surface area contributed by atoms with Gasteiger partial charge in [-0.25, -0.2) is 4.79 Å². The Morgan fingerprint density at radius 2 is 1.68 bits per heavy atom. The Bertz CT molecular complexity index is 333. The summed E-state index contributed by atoms with van der Waals surface area (Å²) in [5, 5.41) is 3.34. The van der Waals surface area contributed by atoms with Gasteiger partial charge in [0.2, 0.25) is 5.91 Å². The number of halogens is 3. The number of hydrogen-bond acceptors (Lipinski definition) is 3. The lowest BCUT2D eigenvalue weighted by Gasteiger charge is -2.17. The second kappa shape index (κ2) is 8.30. The van der Waals surface area contributed by atoms with Crippen LogP contribution in [0.25, 0.3) is 0 Å². The van der Waals surface area contributed by atoms with E-state index in [0.29, 0.717) is 13.1 Å². The lowest BCUT2D eigenvalue weighted by molar-refractivity contribution is -0.125. The van der Waals surface area contributed by atoms with Crippen LogP contribution in [0.1, 0.15) is 0 Å². The monoisotopic (exact) mass is 279 g/mol. The van der Waals surface area contributed by atoms with Crippen LogP contribution < -0.4 is 10.6 Å². The van der Waals surface area contributed by atoms with Gasteiger partial charge in [0.1, 0.15) is 6.54 Å². The molecule has 0 atom stereocenters. The number of imide groups is 1. The van der Waals surface area contributed by atoms with Crippen molar-refractivity contribution in [3.05, 3.63) is 25.3 Å². The fraction of sp³-hybridized carbons (Fsp3) is 0.455. The van der Waals surface area contributed by atoms with E-state index in [1.54, 1.807) is 22.4 Å². The van der Waals surface area contributed by atoms with Gasteiger partial charge >= 0.3 is 12.2 Å². The summed E-state index contributed by atoms with van der Waals surface area (Å²) < 4.78 is 35.4. The first-order valence-corrected chi connectivity index (χ1v) is 5.37. The minimum Gasteiger partial charge on any atom is -0.329 e. The van der Waals surface area contributed by atoms with Crippen molar-refractivity contribution in [2.45, 2.75) is 6.18 Å². The van der Waals surface area contributed by atoms with Gasteiger partial charge in [-0.2, -0.15) is 13.2 Å². The zero-order valence-electron chi connectivity index (χ0n) is 10.3. The third-order valence-electron chi connectivity index (χ3n) is 1.84. The zero-order chi connectivity index (χ0) is 14.9. The van der Waals surface area contributed by atoms with Gasteiger partial charge in [-0.05, 0) is 0 Å². The fourth-order valence-corrected chi connectivity index (χ4v) is 1.16. The van der Waals surface area contributed by atoms with Crippen LogP contribution >= 0.6 is 0 Å². The van der Waals surface area contributed by atoms with Crippen molar-refractivity contribution in [1.29, 1.82) is 0 Å². The number of hydrogen-bond donors (Lipinski definition) is 2. The van der Waals surface area contributed by atoms with Crippen LogP contribution in [-0.4, -0.2) is 49.2 Å². The maximum absolute atomic E-state index is 11.8. The summed E-state index contributed by atoms with van der Waals surface area (Å²) >= 11 is 0. The largest absolute Gasteiger partial charge is 0.405 e. The molecule has 0 aromatic heterocycles. The Morgan fingerprint density at radius 1 is 1.16 bits per heavy atom. The molecule has 0 aliphatic carbocycles. The van der Waals surface area contributed by atoms with E-state index in [-0.39, 0.29) is 6.54 Å². The van der Waals surface area contributed by atoms with Crippen molar-refractivity contribution in [1.82, 2.24) is 15.5 Å². The molecule has 108 valence electrons.